The van der Waals surface area contributed by atoms with Crippen molar-refractivity contribution in [3.63, 3.8) is 0 Å². The van der Waals surface area contributed by atoms with Gasteiger partial charge in [0.1, 0.15) is 78.1 Å². The third-order valence-corrected chi connectivity index (χ3v) is 11.6. The lowest BCUT2D eigenvalue weighted by molar-refractivity contribution is -0.148. The van der Waals surface area contributed by atoms with Gasteiger partial charge in [-0.1, -0.05) is 12.2 Å². The Kier molecular flexibility index (Phi) is 29.2. The number of hydrogen-bond donors (Lipinski definition) is 9. The maximum Gasteiger partial charge on any atom is 0.391 e. The lowest BCUT2D eigenvalue weighted by Crippen LogP contribution is -2.18. The fourth-order valence-corrected chi connectivity index (χ4v) is 7.62. The van der Waals surface area contributed by atoms with Crippen LogP contribution >= 0.6 is 35.4 Å². The van der Waals surface area contributed by atoms with E-state index in [-0.39, 0.29) is 5.56 Å². The van der Waals surface area contributed by atoms with Crippen LogP contribution in [0.4, 0.5) is 5.69 Å². The first kappa shape index (κ1) is 73.0. The number of fused-ring (bicyclic) bond motifs is 4. The second kappa shape index (κ2) is 36.8. The summed E-state index contributed by atoms with van der Waals surface area (Å²) >= 11 is 14.7. The van der Waals surface area contributed by atoms with Gasteiger partial charge in [0.05, 0.1) is 99.9 Å². The molecule has 0 bridgehead atoms. The van der Waals surface area contributed by atoms with E-state index in [9.17, 15) is 19.2 Å². The zero-order valence-electron chi connectivity index (χ0n) is 51.1. The molecule has 1 aliphatic heterocycles. The van der Waals surface area contributed by atoms with Crippen molar-refractivity contribution < 1.29 is 57.5 Å². The number of halogens is 2. The summed E-state index contributed by atoms with van der Waals surface area (Å²) in [6, 6.07) is 3.90. The molecule has 12 rings (SSSR count). The van der Waals surface area contributed by atoms with Crippen molar-refractivity contribution in [3.8, 4) is 40.5 Å². The van der Waals surface area contributed by atoms with Crippen molar-refractivity contribution >= 4 is 114 Å². The number of aromatic nitrogens is 19. The first-order valence-corrected chi connectivity index (χ1v) is 27.0. The van der Waals surface area contributed by atoms with Crippen LogP contribution in [0.2, 0.25) is 5.15 Å². The number of ether oxygens (including phenoxy) is 6. The highest BCUT2D eigenvalue weighted by atomic mass is 35.5. The van der Waals surface area contributed by atoms with Crippen molar-refractivity contribution in [1.82, 2.24) is 99.8 Å². The number of nitrogens with zero attached hydrogens (tertiary/aromatic N) is 15. The molecule has 11 aromatic rings. The van der Waals surface area contributed by atoms with Gasteiger partial charge in [-0.2, -0.15) is 30.4 Å². The highest BCUT2D eigenvalue weighted by molar-refractivity contribution is 7.80. The predicted molar refractivity (Wildman–Crippen MR) is 338 cm³/mol. The van der Waals surface area contributed by atoms with E-state index in [4.69, 9.17) is 46.2 Å². The number of aromatic amines is 4. The van der Waals surface area contributed by atoms with Gasteiger partial charge >= 0.3 is 17.2 Å². The second-order valence-electron chi connectivity index (χ2n) is 17.0. The number of aliphatic hydroxyl groups excluding tert-OH is 1. The minimum absolute atomic E-state index is 0.143. The number of anilines is 1. The fourth-order valence-electron chi connectivity index (χ4n) is 7.34. The molecule has 1 aliphatic rings. The van der Waals surface area contributed by atoms with Crippen LogP contribution < -0.4 is 41.3 Å². The van der Waals surface area contributed by atoms with Crippen LogP contribution in [0.25, 0.3) is 56.2 Å². The largest absolute Gasteiger partial charge is 0.494 e. The van der Waals surface area contributed by atoms with E-state index in [0.717, 1.165) is 83.4 Å². The standard InChI is InChI=1S/C14H13N5O4.2C11H11N5O.C8H6ClN2O.C3H3ClO3.C3H5N3.C2H5NS.CH4N2O.CH4O/c1-7-17-6-19(18-7)13-11-10(9(22-2)5-16-13)8(4-15-11)12(20)14(21)23-3;1-7-14-6-16(15-7)11-10-8(3-4-12-10)9(17-2)5-13-11;1-7-14-6-15-16(7)11-10-8(3-4-12-10)9(17-2)5-13-11;1-12-6-4-11-8(9)7-5(6)2-3-10-7;1-7-3(6)2(4)5;1-3-4-2-5-6-3;1-2(3)4;2-3-1-4;1-2/h4-6,15H,1-3H3;2*3-6,12H,1-2H3;2,4,10H,1H3;1H3;2H,1H3,(H,4,5,6);1H3,(H2,3,4);1H,2H2,(H,3,4);2H,1H3/q;;;+1;;;;;. The maximum absolute atomic E-state index is 12.2. The minimum atomic E-state index is -1.09. The Morgan fingerprint density at radius 3 is 1.61 bits per heavy atom. The molecule has 11 N–H and O–H groups in total. The normalized spacial score (nSPS) is 10.0. The van der Waals surface area contributed by atoms with Gasteiger partial charge in [0.2, 0.25) is 28.6 Å². The number of nitrogens with one attached hydrogen (secondary N) is 6. The van der Waals surface area contributed by atoms with Gasteiger partial charge in [0.15, 0.2) is 17.5 Å². The lowest BCUT2D eigenvalue weighted by atomic mass is 10.1. The van der Waals surface area contributed by atoms with Crippen molar-refractivity contribution in [2.75, 3.05) is 55.1 Å². The Labute approximate surface area is 537 Å². The molecule has 12 heterocycles. The number of hydrazine groups is 1. The summed E-state index contributed by atoms with van der Waals surface area (Å²) in [5.74, 6) is 8.99. The quantitative estimate of drug-likeness (QED) is 0.00748. The number of amides is 1. The first-order valence-electron chi connectivity index (χ1n) is 25.8. The smallest absolute Gasteiger partial charge is 0.391 e. The van der Waals surface area contributed by atoms with Crippen molar-refractivity contribution in [2.24, 2.45) is 11.6 Å². The molecule has 0 aliphatic carbocycles. The SMILES string of the molecule is CC(N)=S.CO.COC(=O)C(=O)Cl.COC(=O)C(=O)c1c[nH]c2c(-n3cnc(C)n3)ncc(OC)c12.COc1cnc(-n2cnc(C)n2)c2[nH]ccc12.COc1cnc(-n2ncnc2C)c2[nH]ccc12.COc1cnc(Cl)c2c1C=[C+]N2.Cc1ncn[nH]1.NNC=O. The van der Waals surface area contributed by atoms with E-state index in [2.05, 4.69) is 131 Å². The summed E-state index contributed by atoms with van der Waals surface area (Å²) in [6.45, 7) is 9.00. The van der Waals surface area contributed by atoms with E-state index >= 15 is 0 Å². The monoisotopic (exact) mass is 1330 g/mol. The summed E-state index contributed by atoms with van der Waals surface area (Å²) in [5.41, 5.74) is 10.7. The number of aryl methyl sites for hydroxylation is 4. The Morgan fingerprint density at radius 2 is 1.20 bits per heavy atom. The average molecular weight is 1330 g/mol. The van der Waals surface area contributed by atoms with Gasteiger partial charge in [-0.25, -0.2) is 64.7 Å². The van der Waals surface area contributed by atoms with Crippen LogP contribution in [0.3, 0.4) is 0 Å². The summed E-state index contributed by atoms with van der Waals surface area (Å²) in [7, 11) is 9.54. The number of esters is 2. The highest BCUT2D eigenvalue weighted by Gasteiger charge is 2.27. The number of thiocarbonyl (C=S) groups is 1. The van der Waals surface area contributed by atoms with E-state index in [1.165, 1.54) is 43.2 Å². The van der Waals surface area contributed by atoms with Gasteiger partial charge in [0.25, 0.3) is 5.78 Å². The van der Waals surface area contributed by atoms with E-state index in [1.807, 2.05) is 45.3 Å². The number of carbonyl (C=O) groups is 5. The van der Waals surface area contributed by atoms with Gasteiger partial charge in [0, 0.05) is 36.5 Å². The molecule has 0 aromatic carbocycles. The van der Waals surface area contributed by atoms with Crippen LogP contribution in [0.5, 0.6) is 23.0 Å². The first-order chi connectivity index (χ1) is 44.2. The molecular weight excluding hydrogens is 1270 g/mol. The van der Waals surface area contributed by atoms with Gasteiger partial charge in [-0.05, 0) is 70.0 Å². The van der Waals surface area contributed by atoms with Crippen LogP contribution in [-0.4, -0.2) is 184 Å². The number of aliphatic hydroxyl groups is 1. The molecule has 484 valence electrons. The lowest BCUT2D eigenvalue weighted by Gasteiger charge is -2.07. The summed E-state index contributed by atoms with van der Waals surface area (Å²) in [6.07, 6.45) is 22.7. The predicted octanol–water partition coefficient (Wildman–Crippen LogP) is 4.23. The molecule has 38 heteroatoms. The van der Waals surface area contributed by atoms with Gasteiger partial charge in [-0.15, -0.1) is 0 Å². The molecule has 0 atom stereocenters. The second-order valence-corrected chi connectivity index (χ2v) is 18.3. The highest BCUT2D eigenvalue weighted by Crippen LogP contribution is 2.36. The molecule has 92 heavy (non-hydrogen) atoms. The number of Topliss-reactive ketones (excluding diaryl/α,β-unsaturated/α-hetero) is 1. The zero-order chi connectivity index (χ0) is 68.0. The molecule has 35 nitrogen and oxygen atoms in total. The maximum atomic E-state index is 12.2. The zero-order valence-corrected chi connectivity index (χ0v) is 53.5. The Balaban J connectivity index is 0.000000238. The van der Waals surface area contributed by atoms with E-state index in [1.54, 1.807) is 81.0 Å². The summed E-state index contributed by atoms with van der Waals surface area (Å²) < 4.78 is 34.0. The number of ketones is 1. The fraction of sp³-hybridized carbons (Fsp3) is 0.222. The van der Waals surface area contributed by atoms with E-state index in [0.29, 0.717) is 62.2 Å². The number of hydrogen-bond acceptors (Lipinski definition) is 27. The third kappa shape index (κ3) is 19.5. The van der Waals surface area contributed by atoms with Crippen molar-refractivity contribution in [3.05, 3.63) is 127 Å². The molecule has 0 saturated heterocycles. The molecule has 0 fully saturated rings. The molecule has 0 saturated carbocycles. The van der Waals surface area contributed by atoms with Crippen LogP contribution in [0.15, 0.2) is 80.8 Å². The van der Waals surface area contributed by atoms with Crippen LogP contribution in [-0.2, 0) is 28.7 Å². The molecular formula is C54H62Cl2N23O12S+. The Morgan fingerprint density at radius 1 is 0.696 bits per heavy atom. The number of carbonyl (C=O) groups excluding carboxylic acids is 5. The number of rotatable bonds is 11. The number of methoxy groups -OCH3 is 6. The molecule has 0 unspecified atom stereocenters. The van der Waals surface area contributed by atoms with E-state index < -0.39 is 23.0 Å². The third-order valence-electron chi connectivity index (χ3n) is 11.2. The Bertz CT molecular complexity index is 4230. The number of nitrogens with two attached hydrogens (primary N) is 2. The number of H-pyrrole nitrogens is 4. The number of pyridine rings is 4. The minimum Gasteiger partial charge on any atom is -0.494 e. The molecule has 0 radical (unpaired) electrons. The topological polar surface area (TPSA) is 470 Å². The van der Waals surface area contributed by atoms with Crippen molar-refractivity contribution in [2.45, 2.75) is 34.6 Å². The summed E-state index contributed by atoms with van der Waals surface area (Å²) in [5, 5.41) is 30.4. The molecule has 11 aromatic heterocycles. The summed E-state index contributed by atoms with van der Waals surface area (Å²) in [4.78, 5) is 94.7. The van der Waals surface area contributed by atoms with Crippen molar-refractivity contribution in [1.29, 1.82) is 0 Å². The van der Waals surface area contributed by atoms with Gasteiger partial charge in [-0.3, -0.25) is 24.9 Å². The molecule has 1 amide bonds. The average Bonchev–Trinajstić information content (AvgIpc) is 1.59. The van der Waals surface area contributed by atoms with Gasteiger partial charge < -0.3 is 54.2 Å². The van der Waals surface area contributed by atoms with Crippen LogP contribution in [0.1, 0.15) is 46.1 Å². The molecule has 0 spiro atoms. The Hall–Kier alpha value is -11.4. The van der Waals surface area contributed by atoms with Crippen LogP contribution in [0, 0.1) is 33.9 Å².